The van der Waals surface area contributed by atoms with Crippen molar-refractivity contribution in [3.05, 3.63) is 0 Å². The first-order valence-electron chi connectivity index (χ1n) is 4.89. The van der Waals surface area contributed by atoms with Crippen LogP contribution in [0.4, 0.5) is 0 Å². The maximum atomic E-state index is 11.2. The van der Waals surface area contributed by atoms with Gasteiger partial charge in [-0.3, -0.25) is 4.79 Å². The number of rotatable bonds is 5. The highest BCUT2D eigenvalue weighted by molar-refractivity contribution is 5.82. The van der Waals surface area contributed by atoms with E-state index in [1.165, 1.54) is 18.9 Å². The molecule has 4 heteroatoms. The highest BCUT2D eigenvalue weighted by Crippen LogP contribution is 2.04. The van der Waals surface area contributed by atoms with Crippen molar-refractivity contribution in [1.82, 2.24) is 4.90 Å². The number of unbranched alkanes of at least 4 members (excludes halogenated alkanes) is 1. The Bertz CT molecular complexity index is 204. The number of methoxy groups -OCH3 is 1. The van der Waals surface area contributed by atoms with E-state index in [1.54, 1.807) is 6.92 Å². The van der Waals surface area contributed by atoms with E-state index < -0.39 is 6.04 Å². The van der Waals surface area contributed by atoms with Crippen molar-refractivity contribution in [3.63, 3.8) is 0 Å². The fourth-order valence-corrected chi connectivity index (χ4v) is 1.25. The molecule has 0 aromatic rings. The van der Waals surface area contributed by atoms with Crippen LogP contribution in [-0.4, -0.2) is 36.5 Å². The standard InChI is InChI=1S/C10H19NO3/c1-5-6-7-11(9(3)12)8(2)10(13)14-4/h8H,5-7H2,1-4H3. The van der Waals surface area contributed by atoms with Crippen molar-refractivity contribution >= 4 is 11.9 Å². The summed E-state index contributed by atoms with van der Waals surface area (Å²) in [5.41, 5.74) is 0. The molecule has 0 aromatic heterocycles. The van der Waals surface area contributed by atoms with Crippen molar-refractivity contribution < 1.29 is 14.3 Å². The highest BCUT2D eigenvalue weighted by Gasteiger charge is 2.23. The normalized spacial score (nSPS) is 12.0. The Labute approximate surface area is 85.2 Å². The number of hydrogen-bond acceptors (Lipinski definition) is 3. The molecule has 0 aromatic carbocycles. The monoisotopic (exact) mass is 201 g/mol. The SMILES string of the molecule is CCCCN(C(C)=O)C(C)C(=O)OC. The van der Waals surface area contributed by atoms with Crippen LogP contribution >= 0.6 is 0 Å². The molecule has 0 bridgehead atoms. The van der Waals surface area contributed by atoms with Crippen molar-refractivity contribution in [1.29, 1.82) is 0 Å². The summed E-state index contributed by atoms with van der Waals surface area (Å²) < 4.78 is 4.59. The third-order valence-corrected chi connectivity index (χ3v) is 2.17. The van der Waals surface area contributed by atoms with Gasteiger partial charge >= 0.3 is 5.97 Å². The van der Waals surface area contributed by atoms with E-state index in [1.807, 2.05) is 6.92 Å². The summed E-state index contributed by atoms with van der Waals surface area (Å²) in [7, 11) is 1.33. The number of ether oxygens (including phenoxy) is 1. The second kappa shape index (κ2) is 6.40. The zero-order valence-electron chi connectivity index (χ0n) is 9.37. The minimum absolute atomic E-state index is 0.0867. The third-order valence-electron chi connectivity index (χ3n) is 2.17. The highest BCUT2D eigenvalue weighted by atomic mass is 16.5. The third kappa shape index (κ3) is 3.77. The number of carbonyl (C=O) groups excluding carboxylic acids is 2. The predicted octanol–water partition coefficient (Wildman–Crippen LogP) is 1.20. The Morgan fingerprint density at radius 2 is 2.00 bits per heavy atom. The summed E-state index contributed by atoms with van der Waals surface area (Å²) in [6, 6.07) is -0.482. The Balaban J connectivity index is 4.32. The van der Waals surface area contributed by atoms with E-state index in [0.717, 1.165) is 12.8 Å². The number of amides is 1. The average molecular weight is 201 g/mol. The van der Waals surface area contributed by atoms with Crippen LogP contribution in [0.3, 0.4) is 0 Å². The summed E-state index contributed by atoms with van der Waals surface area (Å²) in [5.74, 6) is -0.451. The van der Waals surface area contributed by atoms with Crippen LogP contribution < -0.4 is 0 Å². The molecule has 0 aliphatic carbocycles. The van der Waals surface area contributed by atoms with Crippen LogP contribution in [0.5, 0.6) is 0 Å². The van der Waals surface area contributed by atoms with Gasteiger partial charge in [0.1, 0.15) is 6.04 Å². The summed E-state index contributed by atoms with van der Waals surface area (Å²) in [6.45, 7) is 5.81. The molecule has 0 saturated carbocycles. The molecule has 0 fully saturated rings. The molecule has 1 unspecified atom stereocenters. The van der Waals surface area contributed by atoms with Gasteiger partial charge in [-0.25, -0.2) is 4.79 Å². The van der Waals surface area contributed by atoms with Crippen molar-refractivity contribution in [3.8, 4) is 0 Å². The van der Waals surface area contributed by atoms with E-state index in [9.17, 15) is 9.59 Å². The van der Waals surface area contributed by atoms with Crippen LogP contribution in [-0.2, 0) is 14.3 Å². The van der Waals surface area contributed by atoms with Crippen LogP contribution in [0.2, 0.25) is 0 Å². The lowest BCUT2D eigenvalue weighted by molar-refractivity contribution is -0.151. The minimum Gasteiger partial charge on any atom is -0.467 e. The Hall–Kier alpha value is -1.06. The largest absolute Gasteiger partial charge is 0.467 e. The number of esters is 1. The van der Waals surface area contributed by atoms with E-state index in [-0.39, 0.29) is 11.9 Å². The van der Waals surface area contributed by atoms with Gasteiger partial charge in [0.05, 0.1) is 7.11 Å². The van der Waals surface area contributed by atoms with Crippen LogP contribution in [0.25, 0.3) is 0 Å². The van der Waals surface area contributed by atoms with Gasteiger partial charge in [0.15, 0.2) is 0 Å². The second-order valence-corrected chi connectivity index (χ2v) is 3.27. The zero-order valence-corrected chi connectivity index (χ0v) is 9.37. The molecule has 82 valence electrons. The summed E-state index contributed by atoms with van der Waals surface area (Å²) in [5, 5.41) is 0. The van der Waals surface area contributed by atoms with Gasteiger partial charge in [-0.2, -0.15) is 0 Å². The minimum atomic E-state index is -0.482. The van der Waals surface area contributed by atoms with Gasteiger partial charge < -0.3 is 9.64 Å². The van der Waals surface area contributed by atoms with Crippen molar-refractivity contribution in [2.24, 2.45) is 0 Å². The number of nitrogens with zero attached hydrogens (tertiary/aromatic N) is 1. The van der Waals surface area contributed by atoms with Gasteiger partial charge in [-0.15, -0.1) is 0 Å². The second-order valence-electron chi connectivity index (χ2n) is 3.27. The first kappa shape index (κ1) is 12.9. The molecule has 4 nitrogen and oxygen atoms in total. The van der Waals surface area contributed by atoms with E-state index >= 15 is 0 Å². The maximum absolute atomic E-state index is 11.2. The lowest BCUT2D eigenvalue weighted by Crippen LogP contribution is -2.43. The molecular weight excluding hydrogens is 182 g/mol. The quantitative estimate of drug-likeness (QED) is 0.628. The van der Waals surface area contributed by atoms with Gasteiger partial charge in [0.25, 0.3) is 0 Å². The lowest BCUT2D eigenvalue weighted by Gasteiger charge is -2.25. The molecule has 0 aliphatic heterocycles. The van der Waals surface area contributed by atoms with Crippen molar-refractivity contribution in [2.75, 3.05) is 13.7 Å². The smallest absolute Gasteiger partial charge is 0.328 e. The number of hydrogen-bond donors (Lipinski definition) is 0. The average Bonchev–Trinajstić information content (AvgIpc) is 2.16. The summed E-state index contributed by atoms with van der Waals surface area (Å²) in [4.78, 5) is 24.0. The van der Waals surface area contributed by atoms with Crippen molar-refractivity contribution in [2.45, 2.75) is 39.7 Å². The Morgan fingerprint density at radius 3 is 2.36 bits per heavy atom. The number of carbonyl (C=O) groups is 2. The van der Waals surface area contributed by atoms with Gasteiger partial charge in [0.2, 0.25) is 5.91 Å². The van der Waals surface area contributed by atoms with Crippen LogP contribution in [0.1, 0.15) is 33.6 Å². The fraction of sp³-hybridized carbons (Fsp3) is 0.800. The zero-order chi connectivity index (χ0) is 11.1. The summed E-state index contributed by atoms with van der Waals surface area (Å²) in [6.07, 6.45) is 1.90. The molecule has 0 heterocycles. The molecule has 0 rings (SSSR count). The van der Waals surface area contributed by atoms with Gasteiger partial charge in [-0.05, 0) is 13.3 Å². The molecule has 0 radical (unpaired) electrons. The molecule has 1 amide bonds. The molecule has 0 N–H and O–H groups in total. The molecule has 0 saturated heterocycles. The Kier molecular flexibility index (Phi) is 5.92. The molecule has 14 heavy (non-hydrogen) atoms. The molecule has 1 atom stereocenters. The van der Waals surface area contributed by atoms with Crippen LogP contribution in [0.15, 0.2) is 0 Å². The first-order valence-corrected chi connectivity index (χ1v) is 4.89. The molecule has 0 aliphatic rings. The predicted molar refractivity (Wildman–Crippen MR) is 53.8 cm³/mol. The van der Waals surface area contributed by atoms with Crippen LogP contribution in [0, 0.1) is 0 Å². The molecular formula is C10H19NO3. The van der Waals surface area contributed by atoms with Gasteiger partial charge in [-0.1, -0.05) is 13.3 Å². The van der Waals surface area contributed by atoms with Gasteiger partial charge in [0, 0.05) is 13.5 Å². The first-order chi connectivity index (χ1) is 6.54. The lowest BCUT2D eigenvalue weighted by atomic mass is 10.2. The molecule has 0 spiro atoms. The topological polar surface area (TPSA) is 46.6 Å². The van der Waals surface area contributed by atoms with E-state index in [4.69, 9.17) is 0 Å². The van der Waals surface area contributed by atoms with E-state index in [2.05, 4.69) is 4.74 Å². The summed E-state index contributed by atoms with van der Waals surface area (Å²) >= 11 is 0. The maximum Gasteiger partial charge on any atom is 0.328 e. The Morgan fingerprint density at radius 1 is 1.43 bits per heavy atom. The van der Waals surface area contributed by atoms with E-state index in [0.29, 0.717) is 6.54 Å². The fourth-order valence-electron chi connectivity index (χ4n) is 1.25.